The van der Waals surface area contributed by atoms with Crippen molar-refractivity contribution in [1.82, 2.24) is 4.90 Å². The molecule has 102 valence electrons. The Morgan fingerprint density at radius 1 is 1.22 bits per heavy atom. The summed E-state index contributed by atoms with van der Waals surface area (Å²) >= 11 is 1.79. The van der Waals surface area contributed by atoms with Crippen LogP contribution < -0.4 is 5.73 Å². The maximum absolute atomic E-state index is 5.76. The Bertz CT molecular complexity index is 346. The highest BCUT2D eigenvalue weighted by atomic mass is 32.2. The van der Waals surface area contributed by atoms with Gasteiger partial charge >= 0.3 is 0 Å². The van der Waals surface area contributed by atoms with Crippen LogP contribution in [0.1, 0.15) is 25.8 Å². The molecule has 0 spiro atoms. The quantitative estimate of drug-likeness (QED) is 0.768. The molecule has 0 aliphatic carbocycles. The van der Waals surface area contributed by atoms with Gasteiger partial charge in [-0.1, -0.05) is 26.0 Å². The molecule has 0 amide bonds. The summed E-state index contributed by atoms with van der Waals surface area (Å²) in [5.41, 5.74) is 7.38. The van der Waals surface area contributed by atoms with Crippen molar-refractivity contribution in [2.45, 2.75) is 31.7 Å². The van der Waals surface area contributed by atoms with Crippen LogP contribution in [-0.2, 0) is 6.54 Å². The molecular formula is C15H26N2S. The van der Waals surface area contributed by atoms with Gasteiger partial charge in [0.2, 0.25) is 0 Å². The maximum atomic E-state index is 5.76. The lowest BCUT2D eigenvalue weighted by Gasteiger charge is -2.26. The summed E-state index contributed by atoms with van der Waals surface area (Å²) in [6.45, 7) is 7.31. The van der Waals surface area contributed by atoms with Crippen LogP contribution in [0.3, 0.4) is 0 Å². The fraction of sp³-hybridized carbons (Fsp3) is 0.600. The first-order valence-corrected chi connectivity index (χ1v) is 7.71. The predicted molar refractivity (Wildman–Crippen MR) is 82.0 cm³/mol. The topological polar surface area (TPSA) is 29.3 Å². The number of hydrogen-bond donors (Lipinski definition) is 1. The van der Waals surface area contributed by atoms with E-state index in [1.807, 2.05) is 0 Å². The van der Waals surface area contributed by atoms with E-state index in [1.165, 1.54) is 10.5 Å². The zero-order valence-corrected chi connectivity index (χ0v) is 12.9. The molecule has 0 atom stereocenters. The molecule has 2 N–H and O–H groups in total. The molecule has 0 radical (unpaired) electrons. The number of hydrogen-bond acceptors (Lipinski definition) is 3. The van der Waals surface area contributed by atoms with Crippen molar-refractivity contribution in [1.29, 1.82) is 0 Å². The third kappa shape index (κ3) is 5.42. The minimum Gasteiger partial charge on any atom is -0.330 e. The molecule has 0 bridgehead atoms. The highest BCUT2D eigenvalue weighted by Gasteiger charge is 2.15. The molecule has 0 heterocycles. The van der Waals surface area contributed by atoms with E-state index in [2.05, 4.69) is 56.3 Å². The van der Waals surface area contributed by atoms with Crippen LogP contribution >= 0.6 is 11.8 Å². The average Bonchev–Trinajstić information content (AvgIpc) is 2.37. The minimum absolute atomic E-state index is 0.247. The van der Waals surface area contributed by atoms with E-state index >= 15 is 0 Å². The number of nitrogens with two attached hydrogens (primary N) is 1. The Labute approximate surface area is 116 Å². The van der Waals surface area contributed by atoms with Crippen molar-refractivity contribution in [2.24, 2.45) is 11.1 Å². The second kappa shape index (κ2) is 7.17. The van der Waals surface area contributed by atoms with Crippen LogP contribution in [0.15, 0.2) is 29.2 Å². The van der Waals surface area contributed by atoms with Gasteiger partial charge in [0.15, 0.2) is 0 Å². The fourth-order valence-corrected chi connectivity index (χ4v) is 2.13. The lowest BCUT2D eigenvalue weighted by molar-refractivity contribution is 0.249. The first-order chi connectivity index (χ1) is 8.46. The van der Waals surface area contributed by atoms with Crippen LogP contribution in [0.4, 0.5) is 0 Å². The fourth-order valence-electron chi connectivity index (χ4n) is 1.72. The lowest BCUT2D eigenvalue weighted by atomic mass is 9.89. The van der Waals surface area contributed by atoms with E-state index in [1.54, 1.807) is 11.8 Å². The summed E-state index contributed by atoms with van der Waals surface area (Å²) in [4.78, 5) is 3.69. The summed E-state index contributed by atoms with van der Waals surface area (Å²) in [6, 6.07) is 8.82. The van der Waals surface area contributed by atoms with Gasteiger partial charge < -0.3 is 10.6 Å². The Morgan fingerprint density at radius 3 is 2.33 bits per heavy atom. The molecule has 1 aromatic rings. The summed E-state index contributed by atoms with van der Waals surface area (Å²) in [5, 5.41) is 0. The molecule has 1 rings (SSSR count). The first kappa shape index (κ1) is 15.5. The van der Waals surface area contributed by atoms with Crippen LogP contribution in [0.5, 0.6) is 0 Å². The van der Waals surface area contributed by atoms with Crippen molar-refractivity contribution < 1.29 is 0 Å². The number of benzene rings is 1. The van der Waals surface area contributed by atoms with Gasteiger partial charge in [-0.25, -0.2) is 0 Å². The first-order valence-electron chi connectivity index (χ1n) is 6.48. The molecule has 0 aromatic heterocycles. The van der Waals surface area contributed by atoms with Crippen LogP contribution in [0, 0.1) is 5.41 Å². The van der Waals surface area contributed by atoms with E-state index in [0.29, 0.717) is 0 Å². The van der Waals surface area contributed by atoms with E-state index < -0.39 is 0 Å². The summed E-state index contributed by atoms with van der Waals surface area (Å²) in [6.07, 6.45) is 3.25. The van der Waals surface area contributed by atoms with Crippen LogP contribution in [0.25, 0.3) is 0 Å². The van der Waals surface area contributed by atoms with E-state index in [9.17, 15) is 0 Å². The van der Waals surface area contributed by atoms with Gasteiger partial charge in [0.25, 0.3) is 0 Å². The molecular weight excluding hydrogens is 240 g/mol. The Kier molecular flexibility index (Phi) is 6.19. The largest absolute Gasteiger partial charge is 0.330 e. The van der Waals surface area contributed by atoms with Crippen molar-refractivity contribution in [3.05, 3.63) is 29.8 Å². The molecule has 0 aliphatic rings. The van der Waals surface area contributed by atoms with E-state index in [4.69, 9.17) is 5.73 Å². The van der Waals surface area contributed by atoms with Crippen molar-refractivity contribution in [3.63, 3.8) is 0 Å². The van der Waals surface area contributed by atoms with Crippen LogP contribution in [-0.4, -0.2) is 31.3 Å². The van der Waals surface area contributed by atoms with Gasteiger partial charge in [0, 0.05) is 11.4 Å². The summed E-state index contributed by atoms with van der Waals surface area (Å²) in [5.74, 6) is 0. The number of thioether (sulfide) groups is 1. The van der Waals surface area contributed by atoms with Crippen molar-refractivity contribution in [3.8, 4) is 0 Å². The molecule has 0 aliphatic heterocycles. The Morgan fingerprint density at radius 2 is 1.83 bits per heavy atom. The zero-order valence-electron chi connectivity index (χ0n) is 12.1. The highest BCUT2D eigenvalue weighted by Crippen LogP contribution is 2.19. The van der Waals surface area contributed by atoms with Crippen molar-refractivity contribution in [2.75, 3.05) is 26.4 Å². The predicted octanol–water partition coefficient (Wildman–Crippen LogP) is 3.22. The van der Waals surface area contributed by atoms with Gasteiger partial charge in [0.05, 0.1) is 0 Å². The number of nitrogens with zero attached hydrogens (tertiary/aromatic N) is 1. The van der Waals surface area contributed by atoms with Gasteiger partial charge in [-0.15, -0.1) is 11.8 Å². The normalized spacial score (nSPS) is 12.1. The molecule has 0 saturated heterocycles. The van der Waals surface area contributed by atoms with E-state index in [-0.39, 0.29) is 5.41 Å². The summed E-state index contributed by atoms with van der Waals surface area (Å²) in [7, 11) is 2.18. The van der Waals surface area contributed by atoms with Gasteiger partial charge in [-0.3, -0.25) is 0 Å². The molecule has 1 aromatic carbocycles. The van der Waals surface area contributed by atoms with Gasteiger partial charge in [0.1, 0.15) is 0 Å². The van der Waals surface area contributed by atoms with E-state index in [0.717, 1.165) is 26.1 Å². The SMILES string of the molecule is CSc1ccc(CN(C)CCC(C)(C)CN)cc1. The Hall–Kier alpha value is -0.510. The second-order valence-corrected chi connectivity index (χ2v) is 6.58. The maximum Gasteiger partial charge on any atom is 0.0230 e. The standard InChI is InChI=1S/C15H26N2S/c1-15(2,12-16)9-10-17(3)11-13-5-7-14(18-4)8-6-13/h5-8H,9-12,16H2,1-4H3. The molecule has 3 heteroatoms. The Balaban J connectivity index is 2.41. The summed E-state index contributed by atoms with van der Waals surface area (Å²) < 4.78 is 0. The molecule has 0 saturated carbocycles. The third-order valence-corrected chi connectivity index (χ3v) is 4.08. The van der Waals surface area contributed by atoms with Gasteiger partial charge in [-0.05, 0) is 55.9 Å². The minimum atomic E-state index is 0.247. The smallest absolute Gasteiger partial charge is 0.0230 e. The molecule has 18 heavy (non-hydrogen) atoms. The highest BCUT2D eigenvalue weighted by molar-refractivity contribution is 7.98. The zero-order chi connectivity index (χ0) is 13.6. The monoisotopic (exact) mass is 266 g/mol. The van der Waals surface area contributed by atoms with Crippen LogP contribution in [0.2, 0.25) is 0 Å². The average molecular weight is 266 g/mol. The molecule has 0 fully saturated rings. The lowest BCUT2D eigenvalue weighted by Crippen LogP contribution is -2.29. The molecule has 0 unspecified atom stereocenters. The number of rotatable bonds is 7. The molecule has 2 nitrogen and oxygen atoms in total. The van der Waals surface area contributed by atoms with Crippen molar-refractivity contribution >= 4 is 11.8 Å². The van der Waals surface area contributed by atoms with Gasteiger partial charge in [-0.2, -0.15) is 0 Å². The third-order valence-electron chi connectivity index (χ3n) is 3.33. The second-order valence-electron chi connectivity index (χ2n) is 5.70.